The summed E-state index contributed by atoms with van der Waals surface area (Å²) in [7, 11) is -0.627. The second-order valence-electron chi connectivity index (χ2n) is 8.81. The van der Waals surface area contributed by atoms with Crippen LogP contribution in [0.1, 0.15) is 70.5 Å². The lowest BCUT2D eigenvalue weighted by molar-refractivity contribution is 0.00578. The lowest BCUT2D eigenvalue weighted by atomic mass is 9.77. The molecule has 5 heteroatoms. The van der Waals surface area contributed by atoms with E-state index in [9.17, 15) is 4.39 Å². The molecule has 1 aromatic carbocycles. The molecule has 2 heterocycles. The molecule has 25 heavy (non-hydrogen) atoms. The minimum atomic E-state index is -0.627. The van der Waals surface area contributed by atoms with Gasteiger partial charge in [-0.1, -0.05) is 12.5 Å². The van der Waals surface area contributed by atoms with Gasteiger partial charge in [0.15, 0.2) is 0 Å². The van der Waals surface area contributed by atoms with Crippen LogP contribution in [0.15, 0.2) is 12.1 Å². The fourth-order valence-corrected chi connectivity index (χ4v) is 4.38. The van der Waals surface area contributed by atoms with Crippen molar-refractivity contribution in [3.05, 3.63) is 29.1 Å². The van der Waals surface area contributed by atoms with Crippen LogP contribution < -0.4 is 5.46 Å². The van der Waals surface area contributed by atoms with Gasteiger partial charge in [-0.05, 0) is 83.7 Å². The maximum Gasteiger partial charge on any atom is 0.497 e. The Morgan fingerprint density at radius 1 is 1.04 bits per heavy atom. The number of fused-ring (bicyclic) bond motifs is 1. The Morgan fingerprint density at radius 3 is 2.32 bits per heavy atom. The summed E-state index contributed by atoms with van der Waals surface area (Å²) in [5.74, 6) is -0.198. The molecule has 1 atom stereocenters. The van der Waals surface area contributed by atoms with E-state index in [2.05, 4.69) is 4.90 Å². The summed E-state index contributed by atoms with van der Waals surface area (Å²) in [5, 5.41) is 0. The van der Waals surface area contributed by atoms with Gasteiger partial charge in [0.25, 0.3) is 0 Å². The van der Waals surface area contributed by atoms with Crippen LogP contribution in [0.5, 0.6) is 0 Å². The van der Waals surface area contributed by atoms with E-state index in [1.807, 2.05) is 33.8 Å². The molecule has 0 amide bonds. The van der Waals surface area contributed by atoms with E-state index in [1.165, 1.54) is 24.8 Å². The molecule has 1 aromatic rings. The number of benzene rings is 1. The molecule has 0 spiro atoms. The van der Waals surface area contributed by atoms with Crippen molar-refractivity contribution in [1.82, 2.24) is 4.90 Å². The Kier molecular flexibility index (Phi) is 4.25. The first kappa shape index (κ1) is 17.5. The number of likely N-dealkylation sites (tertiary alicyclic amines) is 1. The normalized spacial score (nSPS) is 28.4. The van der Waals surface area contributed by atoms with E-state index in [0.29, 0.717) is 11.5 Å². The van der Waals surface area contributed by atoms with Crippen LogP contribution >= 0.6 is 0 Å². The predicted molar refractivity (Wildman–Crippen MR) is 98.6 cm³/mol. The maximum absolute atomic E-state index is 14.8. The van der Waals surface area contributed by atoms with Gasteiger partial charge in [-0.3, -0.25) is 4.90 Å². The number of hydrogen-bond donors (Lipinski definition) is 0. The van der Waals surface area contributed by atoms with Gasteiger partial charge in [0.1, 0.15) is 5.82 Å². The Balaban J connectivity index is 1.65. The number of rotatable bonds is 2. The first-order valence-electron chi connectivity index (χ1n) is 9.70. The fraction of sp³-hybridized carbons (Fsp3) is 0.700. The summed E-state index contributed by atoms with van der Waals surface area (Å²) in [5.41, 5.74) is 2.10. The highest BCUT2D eigenvalue weighted by Gasteiger charge is 2.52. The summed E-state index contributed by atoms with van der Waals surface area (Å²) < 4.78 is 27.0. The zero-order valence-electron chi connectivity index (χ0n) is 15.9. The van der Waals surface area contributed by atoms with Crippen LogP contribution in [0, 0.1) is 5.82 Å². The van der Waals surface area contributed by atoms with Crippen LogP contribution in [-0.2, 0) is 15.7 Å². The third-order valence-corrected chi connectivity index (χ3v) is 6.64. The van der Waals surface area contributed by atoms with Crippen LogP contribution in [0.3, 0.4) is 0 Å². The average Bonchev–Trinajstić information content (AvgIpc) is 3.05. The van der Waals surface area contributed by atoms with Crippen LogP contribution in [0.4, 0.5) is 4.39 Å². The van der Waals surface area contributed by atoms with Crippen LogP contribution in [0.25, 0.3) is 0 Å². The molecule has 3 nitrogen and oxygen atoms in total. The minimum absolute atomic E-state index is 0.198. The SMILES string of the molecule is CC1(C)OB(c2cc3c(cc2F)CCC3N2CCCCC2)OC1(C)C. The smallest absolute Gasteiger partial charge is 0.399 e. The third-order valence-electron chi connectivity index (χ3n) is 6.64. The van der Waals surface area contributed by atoms with Gasteiger partial charge in [0, 0.05) is 11.5 Å². The van der Waals surface area contributed by atoms with Crippen molar-refractivity contribution >= 4 is 12.6 Å². The van der Waals surface area contributed by atoms with Crippen molar-refractivity contribution in [2.45, 2.75) is 77.0 Å². The quantitative estimate of drug-likeness (QED) is 0.765. The summed E-state index contributed by atoms with van der Waals surface area (Å²) in [6, 6.07) is 4.18. The van der Waals surface area contributed by atoms with Crippen LogP contribution in [-0.4, -0.2) is 36.3 Å². The average molecular weight is 345 g/mol. The molecular weight excluding hydrogens is 316 g/mol. The fourth-order valence-electron chi connectivity index (χ4n) is 4.38. The summed E-state index contributed by atoms with van der Waals surface area (Å²) >= 11 is 0. The standard InChI is InChI=1S/C20H29BFNO2/c1-19(2)20(3,4)25-21(24-19)16-13-15-14(12-17(16)22)8-9-18(15)23-10-6-5-7-11-23/h12-13,18H,5-11H2,1-4H3. The highest BCUT2D eigenvalue weighted by atomic mass is 19.1. The highest BCUT2D eigenvalue weighted by Crippen LogP contribution is 2.39. The van der Waals surface area contributed by atoms with E-state index in [-0.39, 0.29) is 5.82 Å². The number of nitrogens with zero attached hydrogens (tertiary/aromatic N) is 1. The molecule has 1 unspecified atom stereocenters. The molecule has 0 aromatic heterocycles. The first-order chi connectivity index (χ1) is 11.8. The molecule has 1 aliphatic carbocycles. The topological polar surface area (TPSA) is 21.7 Å². The molecule has 136 valence electrons. The van der Waals surface area contributed by atoms with Crippen LogP contribution in [0.2, 0.25) is 0 Å². The Hall–Kier alpha value is -0.905. The molecule has 2 fully saturated rings. The first-order valence-corrected chi connectivity index (χ1v) is 9.70. The van der Waals surface area contributed by atoms with Gasteiger partial charge in [0.05, 0.1) is 11.2 Å². The second kappa shape index (κ2) is 6.07. The van der Waals surface area contributed by atoms with Crippen molar-refractivity contribution in [2.24, 2.45) is 0 Å². The molecular formula is C20H29BFNO2. The largest absolute Gasteiger partial charge is 0.497 e. The summed E-state index contributed by atoms with van der Waals surface area (Å²) in [6.45, 7) is 10.4. The molecule has 3 aliphatic rings. The third kappa shape index (κ3) is 2.94. The predicted octanol–water partition coefficient (Wildman–Crippen LogP) is 3.60. The van der Waals surface area contributed by atoms with Gasteiger partial charge in [0.2, 0.25) is 0 Å². The molecule has 0 saturated carbocycles. The zero-order valence-corrected chi connectivity index (χ0v) is 15.9. The summed E-state index contributed by atoms with van der Waals surface area (Å²) in [4.78, 5) is 2.58. The zero-order chi connectivity index (χ0) is 17.8. The number of hydrogen-bond acceptors (Lipinski definition) is 3. The van der Waals surface area contributed by atoms with Gasteiger partial charge < -0.3 is 9.31 Å². The molecule has 0 radical (unpaired) electrons. The van der Waals surface area contributed by atoms with E-state index >= 15 is 0 Å². The van der Waals surface area contributed by atoms with Gasteiger partial charge in [-0.25, -0.2) is 4.39 Å². The van der Waals surface area contributed by atoms with E-state index in [0.717, 1.165) is 31.5 Å². The summed E-state index contributed by atoms with van der Waals surface area (Å²) in [6.07, 6.45) is 5.95. The van der Waals surface area contributed by atoms with E-state index in [4.69, 9.17) is 9.31 Å². The van der Waals surface area contributed by atoms with Crippen molar-refractivity contribution in [3.63, 3.8) is 0 Å². The lowest BCUT2D eigenvalue weighted by Gasteiger charge is -2.33. The molecule has 0 N–H and O–H groups in total. The molecule has 4 rings (SSSR count). The Morgan fingerprint density at radius 2 is 1.68 bits per heavy atom. The second-order valence-corrected chi connectivity index (χ2v) is 8.81. The van der Waals surface area contributed by atoms with Crippen molar-refractivity contribution in [1.29, 1.82) is 0 Å². The van der Waals surface area contributed by atoms with Gasteiger partial charge in [-0.2, -0.15) is 0 Å². The van der Waals surface area contributed by atoms with E-state index in [1.54, 1.807) is 6.07 Å². The molecule has 2 aliphatic heterocycles. The van der Waals surface area contributed by atoms with Crippen molar-refractivity contribution in [3.8, 4) is 0 Å². The monoisotopic (exact) mass is 345 g/mol. The van der Waals surface area contributed by atoms with Crippen molar-refractivity contribution in [2.75, 3.05) is 13.1 Å². The van der Waals surface area contributed by atoms with Gasteiger partial charge in [-0.15, -0.1) is 0 Å². The Bertz CT molecular complexity index is 654. The van der Waals surface area contributed by atoms with Gasteiger partial charge >= 0.3 is 7.12 Å². The number of halogens is 1. The highest BCUT2D eigenvalue weighted by molar-refractivity contribution is 6.62. The minimum Gasteiger partial charge on any atom is -0.399 e. The number of aryl methyl sites for hydroxylation is 1. The van der Waals surface area contributed by atoms with E-state index < -0.39 is 18.3 Å². The molecule has 2 saturated heterocycles. The lowest BCUT2D eigenvalue weighted by Crippen LogP contribution is -2.41. The molecule has 0 bridgehead atoms. The van der Waals surface area contributed by atoms with Crippen molar-refractivity contribution < 1.29 is 13.7 Å². The number of piperidine rings is 1. The Labute approximate surface area is 151 Å². The maximum atomic E-state index is 14.8.